The third-order valence-electron chi connectivity index (χ3n) is 3.48. The zero-order valence-electron chi connectivity index (χ0n) is 10.9. The van der Waals surface area contributed by atoms with E-state index in [-0.39, 0.29) is 0 Å². The van der Waals surface area contributed by atoms with Crippen molar-refractivity contribution in [1.82, 2.24) is 9.80 Å². The lowest BCUT2D eigenvalue weighted by molar-refractivity contribution is 0.126. The van der Waals surface area contributed by atoms with Crippen molar-refractivity contribution in [3.8, 4) is 5.75 Å². The molecule has 1 heterocycles. The Bertz CT molecular complexity index is 369. The van der Waals surface area contributed by atoms with Crippen LogP contribution in [0.15, 0.2) is 18.2 Å². The molecule has 1 aliphatic rings. The van der Waals surface area contributed by atoms with Gasteiger partial charge in [-0.15, -0.1) is 0 Å². The van der Waals surface area contributed by atoms with Gasteiger partial charge >= 0.3 is 0 Å². The summed E-state index contributed by atoms with van der Waals surface area (Å²) in [5.41, 5.74) is 0.850. The zero-order chi connectivity index (χ0) is 13.0. The predicted molar refractivity (Wildman–Crippen MR) is 75.1 cm³/mol. The van der Waals surface area contributed by atoms with Gasteiger partial charge in [0.25, 0.3) is 0 Å². The van der Waals surface area contributed by atoms with Gasteiger partial charge in [0.05, 0.1) is 0 Å². The fraction of sp³-hybridized carbons (Fsp3) is 0.571. The van der Waals surface area contributed by atoms with Crippen LogP contribution in [0.1, 0.15) is 18.9 Å². The molecule has 0 bridgehead atoms. The largest absolute Gasteiger partial charge is 0.508 e. The van der Waals surface area contributed by atoms with Crippen LogP contribution >= 0.6 is 11.6 Å². The van der Waals surface area contributed by atoms with Gasteiger partial charge in [-0.2, -0.15) is 0 Å². The summed E-state index contributed by atoms with van der Waals surface area (Å²) in [5.74, 6) is 0.304. The molecule has 0 radical (unpaired) electrons. The summed E-state index contributed by atoms with van der Waals surface area (Å²) in [6.07, 6.45) is 1.21. The Labute approximate surface area is 114 Å². The highest BCUT2D eigenvalue weighted by Gasteiger charge is 2.18. The summed E-state index contributed by atoms with van der Waals surface area (Å²) in [7, 11) is 0. The summed E-state index contributed by atoms with van der Waals surface area (Å²) in [6.45, 7) is 8.46. The van der Waals surface area contributed by atoms with Gasteiger partial charge in [0.2, 0.25) is 0 Å². The van der Waals surface area contributed by atoms with Crippen LogP contribution in [0, 0.1) is 0 Å². The molecule has 100 valence electrons. The minimum atomic E-state index is 0.304. The molecule has 1 N–H and O–H groups in total. The molecule has 3 nitrogen and oxygen atoms in total. The summed E-state index contributed by atoms with van der Waals surface area (Å²) < 4.78 is 0. The van der Waals surface area contributed by atoms with Crippen molar-refractivity contribution in [2.45, 2.75) is 19.9 Å². The number of hydrogen-bond acceptors (Lipinski definition) is 3. The lowest BCUT2D eigenvalue weighted by Gasteiger charge is -2.34. The molecular weight excluding hydrogens is 248 g/mol. The second-order valence-electron chi connectivity index (χ2n) is 4.86. The molecule has 18 heavy (non-hydrogen) atoms. The molecule has 0 spiro atoms. The van der Waals surface area contributed by atoms with Gasteiger partial charge in [-0.1, -0.05) is 24.6 Å². The van der Waals surface area contributed by atoms with Gasteiger partial charge in [-0.05, 0) is 25.1 Å². The second-order valence-corrected chi connectivity index (χ2v) is 5.26. The van der Waals surface area contributed by atoms with Crippen LogP contribution in [-0.4, -0.2) is 47.6 Å². The molecule has 0 saturated carbocycles. The first-order valence-corrected chi connectivity index (χ1v) is 6.99. The van der Waals surface area contributed by atoms with Gasteiger partial charge in [-0.25, -0.2) is 0 Å². The van der Waals surface area contributed by atoms with Crippen LogP contribution in [0.25, 0.3) is 0 Å². The third-order valence-corrected chi connectivity index (χ3v) is 3.83. The van der Waals surface area contributed by atoms with Crippen LogP contribution in [0.4, 0.5) is 0 Å². The van der Waals surface area contributed by atoms with Gasteiger partial charge in [0.15, 0.2) is 0 Å². The second kappa shape index (κ2) is 6.41. The predicted octanol–water partition coefficient (Wildman–Crippen LogP) is 2.57. The minimum absolute atomic E-state index is 0.304. The van der Waals surface area contributed by atoms with Crippen LogP contribution in [0.5, 0.6) is 5.75 Å². The number of rotatable bonds is 4. The topological polar surface area (TPSA) is 26.7 Å². The maximum absolute atomic E-state index is 9.84. The van der Waals surface area contributed by atoms with E-state index < -0.39 is 0 Å². The number of phenols is 1. The average molecular weight is 269 g/mol. The number of aromatic hydroxyl groups is 1. The van der Waals surface area contributed by atoms with Crippen molar-refractivity contribution >= 4 is 11.6 Å². The molecule has 4 heteroatoms. The number of phenolic OH excluding ortho intramolecular Hbond substituents is 1. The monoisotopic (exact) mass is 268 g/mol. The van der Waals surface area contributed by atoms with E-state index in [2.05, 4.69) is 16.7 Å². The van der Waals surface area contributed by atoms with E-state index in [0.29, 0.717) is 10.8 Å². The normalized spacial score (nSPS) is 18.1. The molecule has 1 aromatic rings. The SMILES string of the molecule is CCCN1CCN(Cc2c(O)cccc2Cl)CC1. The van der Waals surface area contributed by atoms with E-state index in [1.807, 2.05) is 6.07 Å². The molecule has 0 aliphatic carbocycles. The van der Waals surface area contributed by atoms with Gasteiger partial charge < -0.3 is 10.0 Å². The van der Waals surface area contributed by atoms with Crippen molar-refractivity contribution in [2.24, 2.45) is 0 Å². The van der Waals surface area contributed by atoms with Crippen molar-refractivity contribution in [1.29, 1.82) is 0 Å². The summed E-state index contributed by atoms with van der Waals surface area (Å²) >= 11 is 6.13. The molecule has 1 aliphatic heterocycles. The summed E-state index contributed by atoms with van der Waals surface area (Å²) in [4.78, 5) is 4.84. The Morgan fingerprint density at radius 1 is 1.17 bits per heavy atom. The first-order valence-electron chi connectivity index (χ1n) is 6.61. The Hall–Kier alpha value is -0.770. The smallest absolute Gasteiger partial charge is 0.121 e. The van der Waals surface area contributed by atoms with E-state index in [1.165, 1.54) is 13.0 Å². The molecule has 0 aromatic heterocycles. The van der Waals surface area contributed by atoms with E-state index >= 15 is 0 Å². The fourth-order valence-corrected chi connectivity index (χ4v) is 2.64. The van der Waals surface area contributed by atoms with Gasteiger partial charge in [-0.3, -0.25) is 4.90 Å². The molecule has 1 fully saturated rings. The molecule has 2 rings (SSSR count). The maximum atomic E-state index is 9.84. The Balaban J connectivity index is 1.92. The Morgan fingerprint density at radius 3 is 2.44 bits per heavy atom. The molecule has 1 saturated heterocycles. The number of benzene rings is 1. The first-order chi connectivity index (χ1) is 8.70. The fourth-order valence-electron chi connectivity index (χ4n) is 2.41. The van der Waals surface area contributed by atoms with Crippen molar-refractivity contribution in [3.63, 3.8) is 0 Å². The highest BCUT2D eigenvalue weighted by molar-refractivity contribution is 6.31. The van der Waals surface area contributed by atoms with Crippen LogP contribution in [-0.2, 0) is 6.54 Å². The Morgan fingerprint density at radius 2 is 1.83 bits per heavy atom. The van der Waals surface area contributed by atoms with Crippen LogP contribution in [0.2, 0.25) is 5.02 Å². The van der Waals surface area contributed by atoms with E-state index in [9.17, 15) is 5.11 Å². The molecule has 1 aromatic carbocycles. The number of nitrogens with zero attached hydrogens (tertiary/aromatic N) is 2. The van der Waals surface area contributed by atoms with Crippen molar-refractivity contribution in [3.05, 3.63) is 28.8 Å². The number of halogens is 1. The van der Waals surface area contributed by atoms with Crippen LogP contribution < -0.4 is 0 Å². The third kappa shape index (κ3) is 3.37. The average Bonchev–Trinajstić information content (AvgIpc) is 2.36. The molecule has 0 atom stereocenters. The van der Waals surface area contributed by atoms with Crippen molar-refractivity contribution in [2.75, 3.05) is 32.7 Å². The van der Waals surface area contributed by atoms with Gasteiger partial charge in [0.1, 0.15) is 5.75 Å². The van der Waals surface area contributed by atoms with E-state index in [0.717, 1.165) is 38.3 Å². The minimum Gasteiger partial charge on any atom is -0.508 e. The number of piperazine rings is 1. The standard InChI is InChI=1S/C14H21ClN2O/c1-2-6-16-7-9-17(10-8-16)11-12-13(15)4-3-5-14(12)18/h3-5,18H,2,6-11H2,1H3. The lowest BCUT2D eigenvalue weighted by atomic mass is 10.1. The highest BCUT2D eigenvalue weighted by atomic mass is 35.5. The first kappa shape index (κ1) is 13.7. The van der Waals surface area contributed by atoms with Gasteiger partial charge in [0, 0.05) is 43.3 Å². The maximum Gasteiger partial charge on any atom is 0.121 e. The zero-order valence-corrected chi connectivity index (χ0v) is 11.7. The molecular formula is C14H21ClN2O. The summed E-state index contributed by atoms with van der Waals surface area (Å²) in [6, 6.07) is 5.32. The molecule has 0 amide bonds. The molecule has 0 unspecified atom stereocenters. The number of hydrogen-bond donors (Lipinski definition) is 1. The quantitative estimate of drug-likeness (QED) is 0.909. The Kier molecular flexibility index (Phi) is 4.87. The van der Waals surface area contributed by atoms with Crippen LogP contribution in [0.3, 0.4) is 0 Å². The van der Waals surface area contributed by atoms with E-state index in [1.54, 1.807) is 12.1 Å². The highest BCUT2D eigenvalue weighted by Crippen LogP contribution is 2.26. The summed E-state index contributed by atoms with van der Waals surface area (Å²) in [5, 5.41) is 10.5. The van der Waals surface area contributed by atoms with Crippen molar-refractivity contribution < 1.29 is 5.11 Å². The lowest BCUT2D eigenvalue weighted by Crippen LogP contribution is -2.46. The van der Waals surface area contributed by atoms with E-state index in [4.69, 9.17) is 11.6 Å².